The highest BCUT2D eigenvalue weighted by atomic mass is 19.1. The summed E-state index contributed by atoms with van der Waals surface area (Å²) in [5, 5.41) is 0. The Balaban J connectivity index is 1.96. The van der Waals surface area contributed by atoms with E-state index in [-0.39, 0.29) is 12.3 Å². The maximum Gasteiger partial charge on any atom is 0.417 e. The van der Waals surface area contributed by atoms with E-state index in [1.54, 1.807) is 45.0 Å². The molecule has 112 valence electrons. The third-order valence-corrected chi connectivity index (χ3v) is 3.94. The number of alkyl halides is 1. The third kappa shape index (κ3) is 2.20. The molecule has 2 aliphatic rings. The van der Waals surface area contributed by atoms with Gasteiger partial charge in [0.05, 0.1) is 6.04 Å². The van der Waals surface area contributed by atoms with Gasteiger partial charge >= 0.3 is 6.09 Å². The Morgan fingerprint density at radius 2 is 1.90 bits per heavy atom. The van der Waals surface area contributed by atoms with Gasteiger partial charge in [0.15, 0.2) is 0 Å². The molecule has 0 saturated carbocycles. The van der Waals surface area contributed by atoms with Gasteiger partial charge in [0.2, 0.25) is 5.91 Å². The van der Waals surface area contributed by atoms with Gasteiger partial charge in [-0.1, -0.05) is 24.3 Å². The van der Waals surface area contributed by atoms with Gasteiger partial charge in [-0.15, -0.1) is 0 Å². The van der Waals surface area contributed by atoms with E-state index in [1.165, 1.54) is 0 Å². The van der Waals surface area contributed by atoms with Crippen molar-refractivity contribution in [2.24, 2.45) is 5.92 Å². The Hall–Kier alpha value is -1.91. The summed E-state index contributed by atoms with van der Waals surface area (Å²) in [5.74, 6) is -0.862. The molecule has 1 saturated heterocycles. The van der Waals surface area contributed by atoms with Crippen molar-refractivity contribution in [3.63, 3.8) is 0 Å². The summed E-state index contributed by atoms with van der Waals surface area (Å²) in [7, 11) is 0. The molecule has 1 fully saturated rings. The van der Waals surface area contributed by atoms with Crippen molar-refractivity contribution in [3.05, 3.63) is 35.4 Å². The molecule has 4 nitrogen and oxygen atoms in total. The minimum Gasteiger partial charge on any atom is -0.443 e. The summed E-state index contributed by atoms with van der Waals surface area (Å²) in [6.45, 7) is 5.22. The summed E-state index contributed by atoms with van der Waals surface area (Å²) >= 11 is 0. The molecule has 3 atom stereocenters. The second kappa shape index (κ2) is 4.55. The fraction of sp³-hybridized carbons (Fsp3) is 0.500. The lowest BCUT2D eigenvalue weighted by Crippen LogP contribution is -2.39. The van der Waals surface area contributed by atoms with Crippen LogP contribution >= 0.6 is 0 Å². The van der Waals surface area contributed by atoms with Crippen LogP contribution in [0.4, 0.5) is 9.18 Å². The van der Waals surface area contributed by atoms with E-state index >= 15 is 0 Å². The van der Waals surface area contributed by atoms with Crippen LogP contribution in [0.5, 0.6) is 0 Å². The Morgan fingerprint density at radius 3 is 2.52 bits per heavy atom. The topological polar surface area (TPSA) is 46.6 Å². The predicted octanol–water partition coefficient (Wildman–Crippen LogP) is 3.54. The molecule has 0 N–H and O–H groups in total. The number of hydrogen-bond donors (Lipinski definition) is 0. The van der Waals surface area contributed by atoms with E-state index in [0.29, 0.717) is 11.1 Å². The normalized spacial score (nSPS) is 27.5. The summed E-state index contributed by atoms with van der Waals surface area (Å²) in [6.07, 6.45) is -1.86. The second-order valence-electron chi connectivity index (χ2n) is 6.59. The molecule has 3 rings (SSSR count). The monoisotopic (exact) mass is 291 g/mol. The number of rotatable bonds is 0. The lowest BCUT2D eigenvalue weighted by Gasteiger charge is -2.27. The summed E-state index contributed by atoms with van der Waals surface area (Å²) < 4.78 is 19.8. The van der Waals surface area contributed by atoms with Gasteiger partial charge in [-0.2, -0.15) is 0 Å². The van der Waals surface area contributed by atoms with Gasteiger partial charge < -0.3 is 4.74 Å². The van der Waals surface area contributed by atoms with Crippen molar-refractivity contribution >= 4 is 12.0 Å². The molecule has 3 unspecified atom stereocenters. The number of hydrogen-bond acceptors (Lipinski definition) is 3. The standard InChI is InChI=1S/C16H18FNO3/c1-16(2,3)21-15(20)18-12(19)8-11-13(17)9-6-4-5-7-10(9)14(11)18/h4-7,11,13-14H,8H2,1-3H3. The average molecular weight is 291 g/mol. The molecular formula is C16H18FNO3. The first-order valence-electron chi connectivity index (χ1n) is 7.07. The van der Waals surface area contributed by atoms with Crippen LogP contribution in [0.15, 0.2) is 24.3 Å². The van der Waals surface area contributed by atoms with Gasteiger partial charge in [-0.05, 0) is 31.9 Å². The van der Waals surface area contributed by atoms with Crippen molar-refractivity contribution in [1.82, 2.24) is 4.90 Å². The zero-order valence-electron chi connectivity index (χ0n) is 12.3. The molecule has 21 heavy (non-hydrogen) atoms. The zero-order chi connectivity index (χ0) is 15.4. The van der Waals surface area contributed by atoms with Gasteiger partial charge in [0, 0.05) is 12.3 Å². The van der Waals surface area contributed by atoms with E-state index < -0.39 is 29.8 Å². The largest absolute Gasteiger partial charge is 0.443 e. The Kier molecular flexibility index (Phi) is 3.04. The molecule has 1 aromatic carbocycles. The summed E-state index contributed by atoms with van der Waals surface area (Å²) in [4.78, 5) is 25.5. The second-order valence-corrected chi connectivity index (χ2v) is 6.59. The molecule has 5 heteroatoms. The minimum absolute atomic E-state index is 0.0414. The molecule has 2 amide bonds. The fourth-order valence-corrected chi connectivity index (χ4v) is 3.18. The van der Waals surface area contributed by atoms with Gasteiger partial charge in [-0.3, -0.25) is 4.79 Å². The number of benzene rings is 1. The van der Waals surface area contributed by atoms with E-state index in [0.717, 1.165) is 4.90 Å². The SMILES string of the molecule is CC(C)(C)OC(=O)N1C(=O)CC2C(F)c3ccccc3C21. The first-order chi connectivity index (χ1) is 9.79. The number of imide groups is 1. The number of carbonyl (C=O) groups excluding carboxylic acids is 2. The molecule has 0 bridgehead atoms. The van der Waals surface area contributed by atoms with Crippen molar-refractivity contribution in [2.45, 2.75) is 45.0 Å². The van der Waals surface area contributed by atoms with Crippen LogP contribution in [0.25, 0.3) is 0 Å². The zero-order valence-corrected chi connectivity index (χ0v) is 12.3. The number of nitrogens with zero attached hydrogens (tertiary/aromatic N) is 1. The number of carbonyl (C=O) groups is 2. The molecule has 0 spiro atoms. The van der Waals surface area contributed by atoms with Crippen LogP contribution in [0, 0.1) is 5.92 Å². The molecule has 1 aliphatic heterocycles. The Morgan fingerprint density at radius 1 is 1.29 bits per heavy atom. The number of ether oxygens (including phenoxy) is 1. The first-order valence-corrected chi connectivity index (χ1v) is 7.07. The van der Waals surface area contributed by atoms with Crippen LogP contribution in [0.3, 0.4) is 0 Å². The highest BCUT2D eigenvalue weighted by Crippen LogP contribution is 2.54. The fourth-order valence-electron chi connectivity index (χ4n) is 3.18. The Labute approximate surface area is 122 Å². The van der Waals surface area contributed by atoms with Crippen molar-refractivity contribution in [3.8, 4) is 0 Å². The van der Waals surface area contributed by atoms with Crippen molar-refractivity contribution in [2.75, 3.05) is 0 Å². The molecule has 0 aromatic heterocycles. The first kappa shape index (κ1) is 14.0. The van der Waals surface area contributed by atoms with E-state index in [9.17, 15) is 14.0 Å². The predicted molar refractivity (Wildman–Crippen MR) is 74.2 cm³/mol. The molecule has 1 aliphatic carbocycles. The average Bonchev–Trinajstić information content (AvgIpc) is 2.84. The van der Waals surface area contributed by atoms with Crippen LogP contribution in [0.1, 0.15) is 50.5 Å². The highest BCUT2D eigenvalue weighted by molar-refractivity contribution is 5.95. The van der Waals surface area contributed by atoms with Crippen LogP contribution in [0.2, 0.25) is 0 Å². The van der Waals surface area contributed by atoms with Gasteiger partial charge in [0.1, 0.15) is 11.8 Å². The minimum atomic E-state index is -1.21. The summed E-state index contributed by atoms with van der Waals surface area (Å²) in [6, 6.07) is 6.52. The lowest BCUT2D eigenvalue weighted by molar-refractivity contribution is -0.128. The van der Waals surface area contributed by atoms with E-state index in [4.69, 9.17) is 4.74 Å². The Bertz CT molecular complexity index is 608. The quantitative estimate of drug-likeness (QED) is 0.734. The lowest BCUT2D eigenvalue weighted by atomic mass is 10.0. The molecular weight excluding hydrogens is 273 g/mol. The number of likely N-dealkylation sites (tertiary alicyclic amines) is 1. The van der Waals surface area contributed by atoms with Crippen molar-refractivity contribution in [1.29, 1.82) is 0 Å². The van der Waals surface area contributed by atoms with Crippen molar-refractivity contribution < 1.29 is 18.7 Å². The number of halogens is 1. The summed E-state index contributed by atoms with van der Waals surface area (Å²) in [5.41, 5.74) is 0.600. The van der Waals surface area contributed by atoms with Crippen LogP contribution < -0.4 is 0 Å². The maximum atomic E-state index is 14.5. The molecule has 1 heterocycles. The van der Waals surface area contributed by atoms with Gasteiger partial charge in [0.25, 0.3) is 0 Å². The number of fused-ring (bicyclic) bond motifs is 3. The molecule has 1 aromatic rings. The maximum absolute atomic E-state index is 14.5. The third-order valence-electron chi connectivity index (χ3n) is 3.94. The smallest absolute Gasteiger partial charge is 0.417 e. The van der Waals surface area contributed by atoms with E-state index in [2.05, 4.69) is 0 Å². The number of amides is 2. The highest BCUT2D eigenvalue weighted by Gasteiger charge is 2.54. The van der Waals surface area contributed by atoms with E-state index in [1.807, 2.05) is 0 Å². The van der Waals surface area contributed by atoms with Crippen LogP contribution in [-0.4, -0.2) is 22.5 Å². The van der Waals surface area contributed by atoms with Gasteiger partial charge in [-0.25, -0.2) is 14.1 Å². The molecule has 0 radical (unpaired) electrons. The van der Waals surface area contributed by atoms with Crippen LogP contribution in [-0.2, 0) is 9.53 Å².